The number of benzene rings is 3. The summed E-state index contributed by atoms with van der Waals surface area (Å²) in [5, 5.41) is 30.8. The van der Waals surface area contributed by atoms with Gasteiger partial charge in [0.1, 0.15) is 34.8 Å². The molecular weight excluding hydrogens is 936 g/mol. The summed E-state index contributed by atoms with van der Waals surface area (Å²) in [5.74, 6) is 1.31. The molecule has 1 saturated heterocycles. The number of nitrogens with one attached hydrogen (secondary N) is 3. The molecule has 4 heterocycles. The molecule has 2 fully saturated rings. The molecule has 0 bridgehead atoms. The van der Waals surface area contributed by atoms with Crippen molar-refractivity contribution in [3.05, 3.63) is 122 Å². The molecule has 3 amide bonds. The van der Waals surface area contributed by atoms with Crippen molar-refractivity contribution in [1.29, 1.82) is 0 Å². The van der Waals surface area contributed by atoms with Gasteiger partial charge in [-0.3, -0.25) is 23.9 Å². The SMILES string of the molecule is Cc1sc2c(c1C)C(c1ccc(Cl)cc1)=N[C@@H](CC(=O)N[C@H]1C[C@H](Oc3ccc(CC(=O)N[C@H](C(=O)N4C[C@H](O)C[C@H]4CN[C@H](C)c4ccc(S(C)(=O)=O)cc4)C(C)(C)C)cc3)C1)c1nnc(C)n1-2. The van der Waals surface area contributed by atoms with Crippen LogP contribution >= 0.6 is 22.9 Å². The van der Waals surface area contributed by atoms with E-state index in [4.69, 9.17) is 21.3 Å². The molecule has 1 saturated carbocycles. The second kappa shape index (κ2) is 20.1. The van der Waals surface area contributed by atoms with Crippen LogP contribution in [0.25, 0.3) is 5.00 Å². The van der Waals surface area contributed by atoms with Gasteiger partial charge in [-0.05, 0) is 92.6 Å². The highest BCUT2D eigenvalue weighted by Crippen LogP contribution is 2.40. The average Bonchev–Trinajstić information content (AvgIpc) is 3.92. The first-order valence-corrected chi connectivity index (χ1v) is 26.4. The van der Waals surface area contributed by atoms with Gasteiger partial charge >= 0.3 is 0 Å². The van der Waals surface area contributed by atoms with Crippen LogP contribution in [0.15, 0.2) is 82.7 Å². The zero-order chi connectivity index (χ0) is 49.5. The Morgan fingerprint density at radius 2 is 1.62 bits per heavy atom. The number of β-amino-alcohol motifs (C(OH)–C–C–N with tert-alkyl or cyclic N) is 1. The molecule has 0 unspecified atom stereocenters. The van der Waals surface area contributed by atoms with E-state index in [1.807, 2.05) is 87.7 Å². The number of ether oxygens (including phenoxy) is 1. The van der Waals surface area contributed by atoms with Crippen molar-refractivity contribution in [2.45, 2.75) is 128 Å². The Balaban J connectivity index is 0.829. The zero-order valence-corrected chi connectivity index (χ0v) is 42.6. The molecule has 0 spiro atoms. The molecule has 366 valence electrons. The van der Waals surface area contributed by atoms with Crippen molar-refractivity contribution < 1.29 is 32.6 Å². The van der Waals surface area contributed by atoms with Crippen LogP contribution < -0.4 is 20.7 Å². The lowest BCUT2D eigenvalue weighted by atomic mass is 9.85. The standard InChI is InChI=1S/C51H61ClN8O7S2/c1-28-30(3)68-50-45(28)46(34-11-15-35(52)16-12-34)55-42(48-58-57-31(4)60(48)50)25-44(63)54-36-22-40(23-36)67-39-17-9-32(10-18-39)21-43(62)56-47(51(5,6)7)49(64)59-27-38(61)24-37(59)26-53-29(2)33-13-19-41(20-14-33)69(8,65)66/h9-20,29,36-38,40,42,47,53,61H,21-27H2,1-8H3,(H,54,63)(H,56,62)/t29-,36-,37+,38-,40-,42+,47-/m1/s1. The second-order valence-electron chi connectivity index (χ2n) is 19.8. The number of carbonyl (C=O) groups excluding carboxylic acids is 3. The second-order valence-corrected chi connectivity index (χ2v) is 23.4. The van der Waals surface area contributed by atoms with Gasteiger partial charge in [-0.2, -0.15) is 0 Å². The van der Waals surface area contributed by atoms with Crippen LogP contribution in [0.2, 0.25) is 5.02 Å². The minimum atomic E-state index is -3.31. The molecule has 2 aromatic heterocycles. The van der Waals surface area contributed by atoms with Crippen molar-refractivity contribution in [3.8, 4) is 10.8 Å². The third kappa shape index (κ3) is 11.3. The number of thiophene rings is 1. The van der Waals surface area contributed by atoms with Gasteiger partial charge in [-0.15, -0.1) is 21.5 Å². The molecule has 3 aromatic carbocycles. The normalized spacial score (nSPS) is 21.0. The first-order chi connectivity index (χ1) is 32.6. The van der Waals surface area contributed by atoms with E-state index in [2.05, 4.69) is 40.0 Å². The molecule has 3 aliphatic rings. The maximum Gasteiger partial charge on any atom is 0.246 e. The third-order valence-electron chi connectivity index (χ3n) is 13.3. The third-order valence-corrected chi connectivity index (χ3v) is 15.9. The quantitative estimate of drug-likeness (QED) is 0.0876. The number of hydrogen-bond donors (Lipinski definition) is 4. The first kappa shape index (κ1) is 49.9. The summed E-state index contributed by atoms with van der Waals surface area (Å²) in [6.07, 6.45) is 2.18. The summed E-state index contributed by atoms with van der Waals surface area (Å²) in [4.78, 5) is 49.7. The molecule has 2 aliphatic heterocycles. The van der Waals surface area contributed by atoms with Gasteiger partial charge in [0.15, 0.2) is 15.7 Å². The van der Waals surface area contributed by atoms with Gasteiger partial charge in [0.2, 0.25) is 17.7 Å². The van der Waals surface area contributed by atoms with E-state index in [-0.39, 0.29) is 66.2 Å². The summed E-state index contributed by atoms with van der Waals surface area (Å²) in [6, 6.07) is 19.7. The van der Waals surface area contributed by atoms with E-state index >= 15 is 0 Å². The summed E-state index contributed by atoms with van der Waals surface area (Å²) in [6.45, 7) is 14.3. The molecule has 15 nitrogen and oxygen atoms in total. The number of aromatic nitrogens is 3. The highest BCUT2D eigenvalue weighted by Gasteiger charge is 2.42. The molecule has 4 N–H and O–H groups in total. The summed E-state index contributed by atoms with van der Waals surface area (Å²) >= 11 is 7.93. The summed E-state index contributed by atoms with van der Waals surface area (Å²) in [7, 11) is -3.31. The molecule has 8 rings (SSSR count). The van der Waals surface area contributed by atoms with Crippen LogP contribution in [0.5, 0.6) is 5.75 Å². The maximum absolute atomic E-state index is 14.2. The number of amides is 3. The zero-order valence-electron chi connectivity index (χ0n) is 40.2. The van der Waals surface area contributed by atoms with Crippen molar-refractivity contribution in [1.82, 2.24) is 35.6 Å². The van der Waals surface area contributed by atoms with Gasteiger partial charge in [0.25, 0.3) is 0 Å². The van der Waals surface area contributed by atoms with E-state index < -0.39 is 33.4 Å². The van der Waals surface area contributed by atoms with Crippen LogP contribution in [0.4, 0.5) is 0 Å². The van der Waals surface area contributed by atoms with Gasteiger partial charge < -0.3 is 30.7 Å². The van der Waals surface area contributed by atoms with E-state index in [1.54, 1.807) is 40.5 Å². The predicted molar refractivity (Wildman–Crippen MR) is 267 cm³/mol. The number of aryl methyl sites for hydroxylation is 2. The van der Waals surface area contributed by atoms with Crippen molar-refractivity contribution >= 4 is 56.2 Å². The van der Waals surface area contributed by atoms with Crippen LogP contribution in [0.3, 0.4) is 0 Å². The van der Waals surface area contributed by atoms with E-state index in [9.17, 15) is 27.9 Å². The van der Waals surface area contributed by atoms with Crippen molar-refractivity contribution in [3.63, 3.8) is 0 Å². The highest BCUT2D eigenvalue weighted by atomic mass is 35.5. The summed E-state index contributed by atoms with van der Waals surface area (Å²) in [5.41, 5.74) is 4.86. The fourth-order valence-electron chi connectivity index (χ4n) is 9.25. The number of aliphatic imine (C=N–C) groups is 1. The summed E-state index contributed by atoms with van der Waals surface area (Å²) < 4.78 is 32.1. The molecule has 69 heavy (non-hydrogen) atoms. The Labute approximate surface area is 413 Å². The average molecular weight is 998 g/mol. The molecule has 5 atom stereocenters. The minimum absolute atomic E-state index is 0.0521. The fourth-order valence-corrected chi connectivity index (χ4v) is 11.2. The number of sulfone groups is 1. The fraction of sp³-hybridized carbons (Fsp3) is 0.451. The number of likely N-dealkylation sites (tertiary alicyclic amines) is 1. The lowest BCUT2D eigenvalue weighted by Crippen LogP contribution is -2.57. The Morgan fingerprint density at radius 1 is 0.942 bits per heavy atom. The number of halogens is 1. The minimum Gasteiger partial charge on any atom is -0.490 e. The van der Waals surface area contributed by atoms with Crippen molar-refractivity contribution in [2.24, 2.45) is 10.4 Å². The highest BCUT2D eigenvalue weighted by molar-refractivity contribution is 7.90. The van der Waals surface area contributed by atoms with Gasteiger partial charge in [0.05, 0.1) is 29.6 Å². The van der Waals surface area contributed by atoms with Crippen LogP contribution in [0, 0.1) is 26.2 Å². The maximum atomic E-state index is 14.2. The monoisotopic (exact) mass is 996 g/mol. The lowest BCUT2D eigenvalue weighted by Gasteiger charge is -2.36. The Bertz CT molecular complexity index is 2850. The van der Waals surface area contributed by atoms with Crippen molar-refractivity contribution in [2.75, 3.05) is 19.3 Å². The Kier molecular flexibility index (Phi) is 14.6. The molecule has 5 aromatic rings. The predicted octanol–water partition coefficient (Wildman–Crippen LogP) is 6.71. The van der Waals surface area contributed by atoms with Gasteiger partial charge in [-0.1, -0.05) is 68.8 Å². The number of hydrogen-bond acceptors (Lipinski definition) is 12. The Morgan fingerprint density at radius 3 is 2.28 bits per heavy atom. The van der Waals surface area contributed by atoms with Gasteiger partial charge in [0, 0.05) is 71.3 Å². The number of aliphatic hydroxyl groups excluding tert-OH is 1. The van der Waals surface area contributed by atoms with Crippen LogP contribution in [0.1, 0.15) is 110 Å². The lowest BCUT2D eigenvalue weighted by molar-refractivity contribution is -0.140. The number of aliphatic hydroxyl groups is 1. The number of fused-ring (bicyclic) bond motifs is 3. The van der Waals surface area contributed by atoms with Gasteiger partial charge in [-0.25, -0.2) is 8.42 Å². The van der Waals surface area contributed by atoms with E-state index in [0.29, 0.717) is 42.4 Å². The molecular formula is C51H61ClN8O7S2. The molecule has 0 radical (unpaired) electrons. The smallest absolute Gasteiger partial charge is 0.246 e. The largest absolute Gasteiger partial charge is 0.490 e. The van der Waals surface area contributed by atoms with E-state index in [0.717, 1.165) is 44.4 Å². The number of nitrogens with zero attached hydrogens (tertiary/aromatic N) is 5. The Hall–Kier alpha value is -5.46. The van der Waals surface area contributed by atoms with Crippen LogP contribution in [-0.4, -0.2) is 106 Å². The number of carbonyl (C=O) groups is 3. The molecule has 18 heteroatoms. The number of rotatable bonds is 15. The molecule has 1 aliphatic carbocycles. The van der Waals surface area contributed by atoms with E-state index in [1.165, 1.54) is 11.1 Å². The topological polar surface area (TPSA) is 197 Å². The van der Waals surface area contributed by atoms with Crippen LogP contribution in [-0.2, 0) is 30.6 Å². The first-order valence-electron chi connectivity index (χ1n) is 23.4.